The summed E-state index contributed by atoms with van der Waals surface area (Å²) in [5, 5.41) is 2.88. The fourth-order valence-electron chi connectivity index (χ4n) is 4.57. The highest BCUT2D eigenvalue weighted by molar-refractivity contribution is 5.82. The van der Waals surface area contributed by atoms with Gasteiger partial charge in [0.25, 0.3) is 0 Å². The second kappa shape index (κ2) is 7.95. The molecule has 2 aromatic rings. The van der Waals surface area contributed by atoms with E-state index in [9.17, 15) is 4.79 Å². The smallest absolute Gasteiger partial charge is 0.239 e. The van der Waals surface area contributed by atoms with Gasteiger partial charge in [-0.3, -0.25) is 9.69 Å². The molecule has 2 aromatic carbocycles. The van der Waals surface area contributed by atoms with Crippen LogP contribution in [0.3, 0.4) is 0 Å². The molecule has 1 N–H and O–H groups in total. The molecule has 3 aliphatic heterocycles. The summed E-state index contributed by atoms with van der Waals surface area (Å²) in [6.45, 7) is 5.30. The predicted molar refractivity (Wildman–Crippen MR) is 111 cm³/mol. The molecule has 2 fully saturated rings. The highest BCUT2D eigenvalue weighted by Gasteiger charge is 2.27. The Morgan fingerprint density at radius 1 is 1.00 bits per heavy atom. The molecule has 152 valence electrons. The van der Waals surface area contributed by atoms with Crippen molar-refractivity contribution in [2.24, 2.45) is 0 Å². The number of anilines is 1. The van der Waals surface area contributed by atoms with E-state index in [1.165, 1.54) is 24.0 Å². The summed E-state index contributed by atoms with van der Waals surface area (Å²) in [7, 11) is 0. The van der Waals surface area contributed by atoms with Crippen LogP contribution < -0.4 is 19.7 Å². The lowest BCUT2D eigenvalue weighted by molar-refractivity contribution is -0.120. The van der Waals surface area contributed by atoms with Gasteiger partial charge >= 0.3 is 0 Å². The molecule has 3 heterocycles. The van der Waals surface area contributed by atoms with E-state index in [1.807, 2.05) is 6.07 Å². The van der Waals surface area contributed by atoms with Gasteiger partial charge in [0.05, 0.1) is 6.54 Å². The molecule has 5 rings (SSSR count). The Balaban J connectivity index is 1.28. The van der Waals surface area contributed by atoms with Gasteiger partial charge in [0.15, 0.2) is 11.5 Å². The van der Waals surface area contributed by atoms with E-state index in [0.717, 1.165) is 36.8 Å². The lowest BCUT2D eigenvalue weighted by atomic mass is 10.0. The highest BCUT2D eigenvalue weighted by atomic mass is 16.6. The lowest BCUT2D eigenvalue weighted by Gasteiger charge is -2.29. The van der Waals surface area contributed by atoms with Gasteiger partial charge in [0.2, 0.25) is 5.91 Å². The van der Waals surface area contributed by atoms with Gasteiger partial charge in [-0.05, 0) is 54.8 Å². The number of carbonyl (C=O) groups is 1. The number of hydrogen-bond donors (Lipinski definition) is 1. The van der Waals surface area contributed by atoms with Crippen molar-refractivity contribution in [1.82, 2.24) is 10.2 Å². The van der Waals surface area contributed by atoms with Gasteiger partial charge in [0, 0.05) is 31.4 Å². The zero-order chi connectivity index (χ0) is 19.6. The SMILES string of the molecule is O=C1CN(c2ccc(CN3CCC[C@H]3c3ccc4c(c3)OCCO4)cc2)CCN1. The maximum atomic E-state index is 11.6. The number of rotatable bonds is 4. The minimum absolute atomic E-state index is 0.0969. The van der Waals surface area contributed by atoms with Crippen LogP contribution in [0.4, 0.5) is 5.69 Å². The monoisotopic (exact) mass is 393 g/mol. The summed E-state index contributed by atoms with van der Waals surface area (Å²) >= 11 is 0. The Bertz CT molecular complexity index is 883. The number of nitrogens with zero attached hydrogens (tertiary/aromatic N) is 2. The van der Waals surface area contributed by atoms with Crippen molar-refractivity contribution >= 4 is 11.6 Å². The largest absolute Gasteiger partial charge is 0.486 e. The van der Waals surface area contributed by atoms with E-state index in [2.05, 4.69) is 51.5 Å². The summed E-state index contributed by atoms with van der Waals surface area (Å²) in [5.74, 6) is 1.82. The molecule has 2 saturated heterocycles. The summed E-state index contributed by atoms with van der Waals surface area (Å²) < 4.78 is 11.4. The summed E-state index contributed by atoms with van der Waals surface area (Å²) in [5.41, 5.74) is 3.73. The first-order valence-corrected chi connectivity index (χ1v) is 10.5. The minimum Gasteiger partial charge on any atom is -0.486 e. The number of carbonyl (C=O) groups excluding carboxylic acids is 1. The molecule has 3 aliphatic rings. The number of nitrogens with one attached hydrogen (secondary N) is 1. The van der Waals surface area contributed by atoms with Crippen LogP contribution >= 0.6 is 0 Å². The van der Waals surface area contributed by atoms with Crippen LogP contribution in [0.15, 0.2) is 42.5 Å². The Morgan fingerprint density at radius 3 is 2.66 bits per heavy atom. The molecule has 6 nitrogen and oxygen atoms in total. The molecule has 0 radical (unpaired) electrons. The average molecular weight is 393 g/mol. The normalized spacial score (nSPS) is 21.9. The zero-order valence-electron chi connectivity index (χ0n) is 16.6. The zero-order valence-corrected chi connectivity index (χ0v) is 16.6. The van der Waals surface area contributed by atoms with E-state index >= 15 is 0 Å². The molecule has 29 heavy (non-hydrogen) atoms. The van der Waals surface area contributed by atoms with E-state index < -0.39 is 0 Å². The molecule has 0 spiro atoms. The van der Waals surface area contributed by atoms with Crippen LogP contribution in [0, 0.1) is 0 Å². The first kappa shape index (κ1) is 18.3. The van der Waals surface area contributed by atoms with Crippen molar-refractivity contribution in [3.05, 3.63) is 53.6 Å². The predicted octanol–water partition coefficient (Wildman–Crippen LogP) is 2.73. The van der Waals surface area contributed by atoms with Gasteiger partial charge in [-0.25, -0.2) is 0 Å². The van der Waals surface area contributed by atoms with Gasteiger partial charge in [0.1, 0.15) is 13.2 Å². The Labute approximate surface area is 171 Å². The van der Waals surface area contributed by atoms with Crippen LogP contribution in [0.5, 0.6) is 11.5 Å². The number of piperazine rings is 1. The first-order valence-electron chi connectivity index (χ1n) is 10.5. The van der Waals surface area contributed by atoms with Crippen molar-refractivity contribution in [2.45, 2.75) is 25.4 Å². The van der Waals surface area contributed by atoms with Crippen LogP contribution in [0.25, 0.3) is 0 Å². The van der Waals surface area contributed by atoms with Crippen molar-refractivity contribution < 1.29 is 14.3 Å². The fraction of sp³-hybridized carbons (Fsp3) is 0.435. The number of hydrogen-bond acceptors (Lipinski definition) is 5. The van der Waals surface area contributed by atoms with E-state index in [-0.39, 0.29) is 5.91 Å². The summed E-state index contributed by atoms with van der Waals surface area (Å²) in [4.78, 5) is 16.3. The molecule has 0 aliphatic carbocycles. The quantitative estimate of drug-likeness (QED) is 0.866. The second-order valence-corrected chi connectivity index (χ2v) is 7.97. The highest BCUT2D eigenvalue weighted by Crippen LogP contribution is 2.38. The fourth-order valence-corrected chi connectivity index (χ4v) is 4.57. The maximum absolute atomic E-state index is 11.6. The van der Waals surface area contributed by atoms with Crippen LogP contribution in [0.1, 0.15) is 30.0 Å². The lowest BCUT2D eigenvalue weighted by Crippen LogP contribution is -2.47. The van der Waals surface area contributed by atoms with Gasteiger partial charge < -0.3 is 19.7 Å². The maximum Gasteiger partial charge on any atom is 0.239 e. The Kier molecular flexibility index (Phi) is 5.02. The standard InChI is InChI=1S/C23H27N3O3/c27-23-16-25(11-9-24-23)19-6-3-17(4-7-19)15-26-10-1-2-20(26)18-5-8-21-22(14-18)29-13-12-28-21/h3-8,14,20H,1-2,9-13,15-16H2,(H,24,27)/t20-/m0/s1. The molecule has 0 aromatic heterocycles. The van der Waals surface area contributed by atoms with Crippen LogP contribution in [0.2, 0.25) is 0 Å². The van der Waals surface area contributed by atoms with Crippen LogP contribution in [-0.4, -0.2) is 50.2 Å². The molecule has 0 unspecified atom stereocenters. The van der Waals surface area contributed by atoms with Crippen molar-refractivity contribution in [3.8, 4) is 11.5 Å². The molecule has 0 bridgehead atoms. The number of ether oxygens (including phenoxy) is 2. The van der Waals surface area contributed by atoms with Crippen LogP contribution in [-0.2, 0) is 11.3 Å². The molecule has 0 saturated carbocycles. The minimum atomic E-state index is 0.0969. The molecule has 6 heteroatoms. The number of fused-ring (bicyclic) bond motifs is 1. The molecule has 1 atom stereocenters. The van der Waals surface area contributed by atoms with E-state index in [0.29, 0.717) is 32.3 Å². The van der Waals surface area contributed by atoms with E-state index in [4.69, 9.17) is 9.47 Å². The summed E-state index contributed by atoms with van der Waals surface area (Å²) in [6, 6.07) is 15.5. The van der Waals surface area contributed by atoms with Crippen molar-refractivity contribution in [3.63, 3.8) is 0 Å². The number of benzene rings is 2. The molecule has 1 amide bonds. The third kappa shape index (κ3) is 3.90. The van der Waals surface area contributed by atoms with Gasteiger partial charge in [-0.15, -0.1) is 0 Å². The number of amides is 1. The topological polar surface area (TPSA) is 54.0 Å². The average Bonchev–Trinajstić information content (AvgIpc) is 3.22. The first-order chi connectivity index (χ1) is 14.3. The molecular weight excluding hydrogens is 366 g/mol. The second-order valence-electron chi connectivity index (χ2n) is 7.97. The Hall–Kier alpha value is -2.73. The Morgan fingerprint density at radius 2 is 1.83 bits per heavy atom. The van der Waals surface area contributed by atoms with E-state index in [1.54, 1.807) is 0 Å². The van der Waals surface area contributed by atoms with Crippen molar-refractivity contribution in [2.75, 3.05) is 44.3 Å². The van der Waals surface area contributed by atoms with Crippen molar-refractivity contribution in [1.29, 1.82) is 0 Å². The third-order valence-corrected chi connectivity index (χ3v) is 6.04. The van der Waals surface area contributed by atoms with Gasteiger partial charge in [-0.2, -0.15) is 0 Å². The summed E-state index contributed by atoms with van der Waals surface area (Å²) in [6.07, 6.45) is 2.38. The molecular formula is C23H27N3O3. The third-order valence-electron chi connectivity index (χ3n) is 6.04. The number of likely N-dealkylation sites (tertiary alicyclic amines) is 1. The van der Waals surface area contributed by atoms with Gasteiger partial charge in [-0.1, -0.05) is 18.2 Å².